The van der Waals surface area contributed by atoms with Crippen LogP contribution in [0.5, 0.6) is 5.75 Å². The van der Waals surface area contributed by atoms with Crippen molar-refractivity contribution in [3.8, 4) is 5.75 Å². The molecule has 0 saturated carbocycles. The van der Waals surface area contributed by atoms with Crippen molar-refractivity contribution in [1.82, 2.24) is 5.32 Å². The van der Waals surface area contributed by atoms with Gasteiger partial charge in [0, 0.05) is 0 Å². The molecule has 2 atom stereocenters. The minimum atomic E-state index is -3.73. The minimum absolute atomic E-state index is 0.0801. The standard InChI is InChI=1S/C25H26N2O4S/c1-2-21(20-13-7-4-8-14-20)26-25(28)24-17-27(22-15-9-10-16-23(22)31-24)32(29,30)18-19-11-5-3-6-12-19/h3-16,21,24H,2,17-18H2,1H3,(H,26,28)/t21-,24+/m1/s1. The zero-order valence-corrected chi connectivity index (χ0v) is 18.7. The Bertz CT molecular complexity index is 1170. The van der Waals surface area contributed by atoms with Gasteiger partial charge in [0.15, 0.2) is 6.10 Å². The molecule has 6 nitrogen and oxygen atoms in total. The summed E-state index contributed by atoms with van der Waals surface area (Å²) in [6.45, 7) is 1.91. The molecule has 1 aliphatic rings. The second-order valence-electron chi connectivity index (χ2n) is 7.73. The second-order valence-corrected chi connectivity index (χ2v) is 9.62. The number of hydrogen-bond donors (Lipinski definition) is 1. The summed E-state index contributed by atoms with van der Waals surface area (Å²) >= 11 is 0. The van der Waals surface area contributed by atoms with Crippen LogP contribution in [0.25, 0.3) is 0 Å². The largest absolute Gasteiger partial charge is 0.476 e. The Morgan fingerprint density at radius 3 is 2.31 bits per heavy atom. The topological polar surface area (TPSA) is 75.7 Å². The molecule has 0 aromatic heterocycles. The van der Waals surface area contributed by atoms with Gasteiger partial charge in [0.2, 0.25) is 10.0 Å². The molecule has 3 aromatic rings. The van der Waals surface area contributed by atoms with E-state index in [2.05, 4.69) is 5.32 Å². The van der Waals surface area contributed by atoms with Crippen molar-refractivity contribution in [2.45, 2.75) is 31.2 Å². The van der Waals surface area contributed by atoms with Crippen LogP contribution < -0.4 is 14.4 Å². The van der Waals surface area contributed by atoms with Gasteiger partial charge in [-0.2, -0.15) is 0 Å². The Morgan fingerprint density at radius 1 is 1.00 bits per heavy atom. The summed E-state index contributed by atoms with van der Waals surface area (Å²) in [6.07, 6.45) is -0.247. The van der Waals surface area contributed by atoms with Gasteiger partial charge >= 0.3 is 0 Å². The molecule has 1 aliphatic heterocycles. The molecule has 1 N–H and O–H groups in total. The van der Waals surface area contributed by atoms with Gasteiger partial charge in [0.1, 0.15) is 5.75 Å². The first-order valence-corrected chi connectivity index (χ1v) is 12.2. The van der Waals surface area contributed by atoms with Crippen molar-refractivity contribution in [3.05, 3.63) is 96.1 Å². The molecule has 0 bridgehead atoms. The van der Waals surface area contributed by atoms with Gasteiger partial charge < -0.3 is 10.1 Å². The SMILES string of the molecule is CC[C@@H](NC(=O)[C@@H]1CN(S(=O)(=O)Cc2ccccc2)c2ccccc2O1)c1ccccc1. The Hall–Kier alpha value is -3.32. The van der Waals surface area contributed by atoms with E-state index in [-0.39, 0.29) is 24.2 Å². The Labute approximate surface area is 188 Å². The quantitative estimate of drug-likeness (QED) is 0.589. The van der Waals surface area contributed by atoms with Crippen LogP contribution >= 0.6 is 0 Å². The number of nitrogens with one attached hydrogen (secondary N) is 1. The average molecular weight is 451 g/mol. The van der Waals surface area contributed by atoms with E-state index >= 15 is 0 Å². The lowest BCUT2D eigenvalue weighted by atomic mass is 10.0. The van der Waals surface area contributed by atoms with Crippen molar-refractivity contribution in [2.75, 3.05) is 10.8 Å². The molecule has 7 heteroatoms. The molecule has 1 amide bonds. The lowest BCUT2D eigenvalue weighted by Crippen LogP contribution is -2.51. The number of carbonyl (C=O) groups excluding carboxylic acids is 1. The maximum Gasteiger partial charge on any atom is 0.263 e. The van der Waals surface area contributed by atoms with E-state index in [9.17, 15) is 13.2 Å². The van der Waals surface area contributed by atoms with E-state index in [1.807, 2.05) is 55.5 Å². The van der Waals surface area contributed by atoms with Crippen LogP contribution in [0.15, 0.2) is 84.9 Å². The van der Waals surface area contributed by atoms with E-state index < -0.39 is 16.1 Å². The fourth-order valence-electron chi connectivity index (χ4n) is 3.84. The Morgan fingerprint density at radius 2 is 1.62 bits per heavy atom. The number of hydrogen-bond acceptors (Lipinski definition) is 4. The third-order valence-electron chi connectivity index (χ3n) is 5.48. The second kappa shape index (κ2) is 9.44. The first-order valence-electron chi connectivity index (χ1n) is 10.6. The zero-order chi connectivity index (χ0) is 22.6. The number of para-hydroxylation sites is 2. The molecule has 0 fully saturated rings. The van der Waals surface area contributed by atoms with Gasteiger partial charge in [0.05, 0.1) is 24.0 Å². The van der Waals surface area contributed by atoms with Gasteiger partial charge in [-0.1, -0.05) is 79.7 Å². The molecule has 0 aliphatic carbocycles. The van der Waals surface area contributed by atoms with Gasteiger partial charge in [-0.15, -0.1) is 0 Å². The van der Waals surface area contributed by atoms with E-state index in [1.165, 1.54) is 4.31 Å². The van der Waals surface area contributed by atoms with E-state index in [0.717, 1.165) is 5.56 Å². The van der Waals surface area contributed by atoms with Crippen LogP contribution in [0.4, 0.5) is 5.69 Å². The summed E-state index contributed by atoms with van der Waals surface area (Å²) in [5.74, 6) is -0.114. The summed E-state index contributed by atoms with van der Waals surface area (Å²) in [5, 5.41) is 3.02. The molecule has 0 unspecified atom stereocenters. The first-order chi connectivity index (χ1) is 15.5. The highest BCUT2D eigenvalue weighted by Gasteiger charge is 2.37. The zero-order valence-electron chi connectivity index (χ0n) is 17.8. The number of fused-ring (bicyclic) bond motifs is 1. The normalized spacial score (nSPS) is 16.5. The Kier molecular flexibility index (Phi) is 6.46. The Balaban J connectivity index is 1.58. The first kappa shape index (κ1) is 21.9. The smallest absolute Gasteiger partial charge is 0.263 e. The lowest BCUT2D eigenvalue weighted by Gasteiger charge is -2.35. The third-order valence-corrected chi connectivity index (χ3v) is 7.20. The molecular formula is C25H26N2O4S. The molecule has 0 radical (unpaired) electrons. The molecular weight excluding hydrogens is 424 g/mol. The number of sulfonamides is 1. The summed E-state index contributed by atoms with van der Waals surface area (Å²) in [6, 6.07) is 25.4. The van der Waals surface area contributed by atoms with Gasteiger partial charge in [-0.05, 0) is 29.7 Å². The highest BCUT2D eigenvalue weighted by Crippen LogP contribution is 2.36. The number of carbonyl (C=O) groups is 1. The molecule has 4 rings (SSSR count). The lowest BCUT2D eigenvalue weighted by molar-refractivity contribution is -0.128. The number of rotatable bonds is 7. The molecule has 3 aromatic carbocycles. The molecule has 0 saturated heterocycles. The van der Waals surface area contributed by atoms with Crippen molar-refractivity contribution in [1.29, 1.82) is 0 Å². The number of amides is 1. The third kappa shape index (κ3) is 4.78. The maximum atomic E-state index is 13.3. The van der Waals surface area contributed by atoms with Crippen LogP contribution in [-0.2, 0) is 20.6 Å². The van der Waals surface area contributed by atoms with Gasteiger partial charge in [-0.3, -0.25) is 9.10 Å². The highest BCUT2D eigenvalue weighted by atomic mass is 32.2. The van der Waals surface area contributed by atoms with Gasteiger partial charge in [-0.25, -0.2) is 8.42 Å². The molecule has 32 heavy (non-hydrogen) atoms. The van der Waals surface area contributed by atoms with Crippen LogP contribution in [0, 0.1) is 0 Å². The molecule has 1 heterocycles. The van der Waals surface area contributed by atoms with E-state index in [1.54, 1.807) is 36.4 Å². The summed E-state index contributed by atoms with van der Waals surface area (Å²) in [5.41, 5.74) is 2.13. The highest BCUT2D eigenvalue weighted by molar-refractivity contribution is 7.92. The van der Waals surface area contributed by atoms with E-state index in [4.69, 9.17) is 4.74 Å². The van der Waals surface area contributed by atoms with Crippen molar-refractivity contribution >= 4 is 21.6 Å². The van der Waals surface area contributed by atoms with Crippen molar-refractivity contribution < 1.29 is 17.9 Å². The van der Waals surface area contributed by atoms with Crippen LogP contribution in [0.3, 0.4) is 0 Å². The number of benzene rings is 3. The summed E-state index contributed by atoms with van der Waals surface area (Å²) < 4.78 is 33.9. The summed E-state index contributed by atoms with van der Waals surface area (Å²) in [4.78, 5) is 13.1. The molecule has 166 valence electrons. The number of anilines is 1. The summed E-state index contributed by atoms with van der Waals surface area (Å²) in [7, 11) is -3.73. The minimum Gasteiger partial charge on any atom is -0.476 e. The monoisotopic (exact) mass is 450 g/mol. The van der Waals surface area contributed by atoms with Crippen LogP contribution in [0.2, 0.25) is 0 Å². The average Bonchev–Trinajstić information content (AvgIpc) is 2.82. The van der Waals surface area contributed by atoms with E-state index in [0.29, 0.717) is 23.4 Å². The van der Waals surface area contributed by atoms with Crippen LogP contribution in [0.1, 0.15) is 30.5 Å². The fourth-order valence-corrected chi connectivity index (χ4v) is 5.42. The van der Waals surface area contributed by atoms with Crippen molar-refractivity contribution in [3.63, 3.8) is 0 Å². The van der Waals surface area contributed by atoms with Gasteiger partial charge in [0.25, 0.3) is 5.91 Å². The predicted octanol–water partition coefficient (Wildman–Crippen LogP) is 4.05. The predicted molar refractivity (Wildman–Crippen MR) is 125 cm³/mol. The van der Waals surface area contributed by atoms with Crippen LogP contribution in [-0.4, -0.2) is 27.0 Å². The fraction of sp³-hybridized carbons (Fsp3) is 0.240. The molecule has 0 spiro atoms. The number of nitrogens with zero attached hydrogens (tertiary/aromatic N) is 1. The van der Waals surface area contributed by atoms with Crippen molar-refractivity contribution in [2.24, 2.45) is 0 Å². The maximum absolute atomic E-state index is 13.3. The number of ether oxygens (including phenoxy) is 1.